The second-order valence-corrected chi connectivity index (χ2v) is 7.48. The zero-order chi connectivity index (χ0) is 16.8. The van der Waals surface area contributed by atoms with Gasteiger partial charge in [-0.3, -0.25) is 9.69 Å². The highest BCUT2D eigenvalue weighted by molar-refractivity contribution is 5.97. The molecule has 1 aliphatic carbocycles. The van der Waals surface area contributed by atoms with Crippen LogP contribution in [0.2, 0.25) is 0 Å². The average molecular weight is 336 g/mol. The van der Waals surface area contributed by atoms with E-state index in [1.54, 1.807) is 0 Å². The molecule has 1 atom stereocenters. The second kappa shape index (κ2) is 5.99. The maximum absolute atomic E-state index is 13.1. The Hall–Kier alpha value is -2.14. The minimum atomic E-state index is -0.00631. The number of anilines is 1. The van der Waals surface area contributed by atoms with Crippen molar-refractivity contribution in [2.45, 2.75) is 50.7 Å². The fraction of sp³-hybridized carbons (Fsp3) is 0.500. The number of carbonyl (C=O) groups is 1. The molecule has 5 rings (SSSR count). The lowest BCUT2D eigenvalue weighted by atomic mass is 9.99. The van der Waals surface area contributed by atoms with Gasteiger partial charge in [0.25, 0.3) is 0 Å². The summed E-state index contributed by atoms with van der Waals surface area (Å²) in [5.41, 5.74) is 3.61. The topological polar surface area (TPSA) is 41.4 Å². The molecule has 1 unspecified atom stereocenters. The summed E-state index contributed by atoms with van der Waals surface area (Å²) in [4.78, 5) is 22.1. The van der Waals surface area contributed by atoms with Gasteiger partial charge in [0, 0.05) is 43.5 Å². The summed E-state index contributed by atoms with van der Waals surface area (Å²) < 4.78 is 2.38. The van der Waals surface area contributed by atoms with Gasteiger partial charge in [0.15, 0.2) is 0 Å². The van der Waals surface area contributed by atoms with Crippen molar-refractivity contribution in [1.29, 1.82) is 0 Å². The SMILES string of the molecule is O=C1C(N2CCc3c(ncn3C3CC3)C2)CCCN1c1ccccc1. The number of benzene rings is 1. The number of carbonyl (C=O) groups excluding carboxylic acids is 1. The summed E-state index contributed by atoms with van der Waals surface area (Å²) in [6.07, 6.45) is 7.64. The molecule has 1 saturated heterocycles. The van der Waals surface area contributed by atoms with Gasteiger partial charge < -0.3 is 9.47 Å². The summed E-state index contributed by atoms with van der Waals surface area (Å²) >= 11 is 0. The molecule has 5 heteroatoms. The molecule has 25 heavy (non-hydrogen) atoms. The molecule has 1 aromatic carbocycles. The summed E-state index contributed by atoms with van der Waals surface area (Å²) in [6, 6.07) is 10.8. The summed E-state index contributed by atoms with van der Waals surface area (Å²) in [6.45, 7) is 2.60. The molecule has 0 N–H and O–H groups in total. The van der Waals surface area contributed by atoms with Crippen molar-refractivity contribution in [2.24, 2.45) is 0 Å². The van der Waals surface area contributed by atoms with E-state index in [0.717, 1.165) is 44.6 Å². The molecule has 0 radical (unpaired) electrons. The van der Waals surface area contributed by atoms with Crippen molar-refractivity contribution >= 4 is 11.6 Å². The molecule has 130 valence electrons. The lowest BCUT2D eigenvalue weighted by Gasteiger charge is -2.39. The molecular formula is C20H24N4O. The molecular weight excluding hydrogens is 312 g/mol. The fourth-order valence-electron chi connectivity index (χ4n) is 4.34. The first-order valence-electron chi connectivity index (χ1n) is 9.46. The highest BCUT2D eigenvalue weighted by Crippen LogP contribution is 2.37. The number of imidazole rings is 1. The second-order valence-electron chi connectivity index (χ2n) is 7.48. The maximum atomic E-state index is 13.1. The van der Waals surface area contributed by atoms with E-state index in [0.29, 0.717) is 6.04 Å². The van der Waals surface area contributed by atoms with E-state index in [4.69, 9.17) is 0 Å². The van der Waals surface area contributed by atoms with Crippen molar-refractivity contribution < 1.29 is 4.79 Å². The molecule has 0 spiro atoms. The number of rotatable bonds is 3. The lowest BCUT2D eigenvalue weighted by molar-refractivity contribution is -0.125. The third kappa shape index (κ3) is 2.67. The third-order valence-electron chi connectivity index (χ3n) is 5.83. The highest BCUT2D eigenvalue weighted by atomic mass is 16.2. The van der Waals surface area contributed by atoms with Crippen molar-refractivity contribution in [2.75, 3.05) is 18.0 Å². The van der Waals surface area contributed by atoms with Crippen LogP contribution < -0.4 is 4.90 Å². The first-order valence-corrected chi connectivity index (χ1v) is 9.46. The normalized spacial score (nSPS) is 24.4. The van der Waals surface area contributed by atoms with Crippen LogP contribution in [0.25, 0.3) is 0 Å². The molecule has 5 nitrogen and oxygen atoms in total. The van der Waals surface area contributed by atoms with Crippen LogP contribution in [0.15, 0.2) is 36.7 Å². The molecule has 1 amide bonds. The van der Waals surface area contributed by atoms with E-state index < -0.39 is 0 Å². The van der Waals surface area contributed by atoms with Gasteiger partial charge in [-0.05, 0) is 37.8 Å². The van der Waals surface area contributed by atoms with E-state index in [2.05, 4.69) is 14.5 Å². The van der Waals surface area contributed by atoms with E-state index in [1.165, 1.54) is 24.2 Å². The maximum Gasteiger partial charge on any atom is 0.244 e. The van der Waals surface area contributed by atoms with Gasteiger partial charge in [0.1, 0.15) is 0 Å². The van der Waals surface area contributed by atoms with Crippen LogP contribution in [0.5, 0.6) is 0 Å². The Morgan fingerprint density at radius 1 is 1.04 bits per heavy atom. The van der Waals surface area contributed by atoms with E-state index in [9.17, 15) is 4.79 Å². The minimum Gasteiger partial charge on any atom is -0.331 e. The predicted octanol–water partition coefficient (Wildman–Crippen LogP) is 2.77. The first kappa shape index (κ1) is 15.1. The number of fused-ring (bicyclic) bond motifs is 1. The Morgan fingerprint density at radius 2 is 1.88 bits per heavy atom. The van der Waals surface area contributed by atoms with Gasteiger partial charge in [-0.15, -0.1) is 0 Å². The fourth-order valence-corrected chi connectivity index (χ4v) is 4.34. The minimum absolute atomic E-state index is 0.00631. The van der Waals surface area contributed by atoms with Crippen LogP contribution in [0.1, 0.15) is 43.1 Å². The van der Waals surface area contributed by atoms with E-state index in [1.807, 2.05) is 41.6 Å². The number of para-hydroxylation sites is 1. The van der Waals surface area contributed by atoms with Gasteiger partial charge in [-0.2, -0.15) is 0 Å². The van der Waals surface area contributed by atoms with Gasteiger partial charge in [-0.1, -0.05) is 18.2 Å². The van der Waals surface area contributed by atoms with Crippen molar-refractivity contribution in [1.82, 2.24) is 14.5 Å². The Morgan fingerprint density at radius 3 is 2.68 bits per heavy atom. The number of hydrogen-bond donors (Lipinski definition) is 0. The first-order chi connectivity index (χ1) is 12.3. The summed E-state index contributed by atoms with van der Waals surface area (Å²) in [5, 5.41) is 0. The number of amides is 1. The van der Waals surface area contributed by atoms with Gasteiger partial charge in [0.05, 0.1) is 18.1 Å². The zero-order valence-electron chi connectivity index (χ0n) is 14.5. The van der Waals surface area contributed by atoms with Crippen molar-refractivity contribution in [3.8, 4) is 0 Å². The standard InChI is InChI=1S/C20H24N4O/c25-20-19(7-4-11-23(20)15-5-2-1-3-6-15)22-12-10-18-17(13-22)21-14-24(18)16-8-9-16/h1-3,5-6,14,16,19H,4,7-13H2. The molecule has 1 saturated carbocycles. The van der Waals surface area contributed by atoms with Gasteiger partial charge >= 0.3 is 0 Å². The van der Waals surface area contributed by atoms with Crippen LogP contribution in [0.3, 0.4) is 0 Å². The lowest BCUT2D eigenvalue weighted by Crippen LogP contribution is -2.53. The number of piperidine rings is 1. The molecule has 0 bridgehead atoms. The third-order valence-corrected chi connectivity index (χ3v) is 5.83. The molecule has 2 fully saturated rings. The van der Waals surface area contributed by atoms with Crippen molar-refractivity contribution in [3.63, 3.8) is 0 Å². The monoisotopic (exact) mass is 336 g/mol. The number of nitrogens with zero attached hydrogens (tertiary/aromatic N) is 4. The van der Waals surface area contributed by atoms with Crippen LogP contribution in [0.4, 0.5) is 5.69 Å². The smallest absolute Gasteiger partial charge is 0.244 e. The number of hydrogen-bond acceptors (Lipinski definition) is 3. The Balaban J connectivity index is 1.35. The van der Waals surface area contributed by atoms with Gasteiger partial charge in [0.2, 0.25) is 5.91 Å². The van der Waals surface area contributed by atoms with Crippen LogP contribution in [-0.2, 0) is 17.8 Å². The zero-order valence-corrected chi connectivity index (χ0v) is 14.5. The van der Waals surface area contributed by atoms with Crippen LogP contribution in [-0.4, -0.2) is 39.5 Å². The number of aromatic nitrogens is 2. The van der Waals surface area contributed by atoms with Crippen molar-refractivity contribution in [3.05, 3.63) is 48.0 Å². The molecule has 2 aromatic rings. The Kier molecular flexibility index (Phi) is 3.63. The summed E-state index contributed by atoms with van der Waals surface area (Å²) in [5.74, 6) is 0.252. The van der Waals surface area contributed by atoms with Crippen LogP contribution >= 0.6 is 0 Å². The Bertz CT molecular complexity index is 780. The van der Waals surface area contributed by atoms with E-state index in [-0.39, 0.29) is 11.9 Å². The molecule has 1 aromatic heterocycles. The van der Waals surface area contributed by atoms with E-state index >= 15 is 0 Å². The molecule has 3 aliphatic rings. The van der Waals surface area contributed by atoms with Gasteiger partial charge in [-0.25, -0.2) is 4.98 Å². The average Bonchev–Trinajstić information content (AvgIpc) is 3.41. The predicted molar refractivity (Wildman–Crippen MR) is 96.4 cm³/mol. The molecule has 2 aliphatic heterocycles. The molecule has 3 heterocycles. The Labute approximate surface area is 148 Å². The quantitative estimate of drug-likeness (QED) is 0.865. The largest absolute Gasteiger partial charge is 0.331 e. The summed E-state index contributed by atoms with van der Waals surface area (Å²) in [7, 11) is 0. The van der Waals surface area contributed by atoms with Crippen LogP contribution in [0, 0.1) is 0 Å². The highest BCUT2D eigenvalue weighted by Gasteiger charge is 2.37.